The minimum absolute atomic E-state index is 0.105. The fourth-order valence-corrected chi connectivity index (χ4v) is 12.9. The van der Waals surface area contributed by atoms with Gasteiger partial charge in [0, 0.05) is 25.7 Å². The van der Waals surface area contributed by atoms with Gasteiger partial charge in [0.1, 0.15) is 19.3 Å². The topological polar surface area (TPSA) is 237 Å². The summed E-state index contributed by atoms with van der Waals surface area (Å²) in [5.74, 6) is -0.620. The van der Waals surface area contributed by atoms with Gasteiger partial charge in [-0.3, -0.25) is 37.3 Å². The highest BCUT2D eigenvalue weighted by atomic mass is 31.2. The molecule has 0 fully saturated rings. The van der Waals surface area contributed by atoms with E-state index in [4.69, 9.17) is 37.0 Å². The van der Waals surface area contributed by atoms with E-state index in [0.29, 0.717) is 25.7 Å². The van der Waals surface area contributed by atoms with E-state index in [1.54, 1.807) is 0 Å². The molecule has 19 heteroatoms. The molecule has 0 bridgehead atoms. The highest BCUT2D eigenvalue weighted by Gasteiger charge is 2.30. The summed E-state index contributed by atoms with van der Waals surface area (Å²) in [7, 11) is -9.90. The zero-order valence-electron chi connectivity index (χ0n) is 60.6. The number of aliphatic hydroxyl groups excluding tert-OH is 1. The summed E-state index contributed by atoms with van der Waals surface area (Å²) in [5, 5.41) is 10.6. The van der Waals surface area contributed by atoms with Gasteiger partial charge in [-0.15, -0.1) is 0 Å². The van der Waals surface area contributed by atoms with E-state index in [2.05, 4.69) is 41.5 Å². The maximum atomic E-state index is 13.1. The van der Waals surface area contributed by atoms with Crippen molar-refractivity contribution < 1.29 is 80.2 Å². The molecule has 0 aliphatic carbocycles. The molecule has 0 aromatic carbocycles. The minimum Gasteiger partial charge on any atom is -0.462 e. The molecule has 0 aliphatic rings. The maximum Gasteiger partial charge on any atom is 0.472 e. The van der Waals surface area contributed by atoms with Crippen molar-refractivity contribution in [3.05, 3.63) is 0 Å². The normalized spacial score (nSPS) is 14.1. The molecule has 0 radical (unpaired) electrons. The first kappa shape index (κ1) is 91.1. The summed E-state index contributed by atoms with van der Waals surface area (Å²) in [6.45, 7) is 9.54. The van der Waals surface area contributed by atoms with Gasteiger partial charge in [0.05, 0.1) is 26.4 Å². The Hall–Kier alpha value is -1.94. The third-order valence-electron chi connectivity index (χ3n) is 17.2. The number of unbranched alkanes of at least 4 members (excludes halogenated alkanes) is 43. The minimum atomic E-state index is -4.96. The van der Waals surface area contributed by atoms with Gasteiger partial charge in [-0.2, -0.15) is 0 Å². The van der Waals surface area contributed by atoms with E-state index >= 15 is 0 Å². The molecule has 0 saturated carbocycles. The largest absolute Gasteiger partial charge is 0.472 e. The van der Waals surface area contributed by atoms with Crippen LogP contribution in [0.5, 0.6) is 0 Å². The van der Waals surface area contributed by atoms with Crippen molar-refractivity contribution in [1.82, 2.24) is 0 Å². The van der Waals surface area contributed by atoms with Crippen molar-refractivity contribution in [2.75, 3.05) is 39.6 Å². The van der Waals surface area contributed by atoms with Crippen LogP contribution in [0.15, 0.2) is 0 Å². The quantitative estimate of drug-likeness (QED) is 0.0222. The van der Waals surface area contributed by atoms with E-state index in [-0.39, 0.29) is 25.7 Å². The highest BCUT2D eigenvalue weighted by Crippen LogP contribution is 2.45. The lowest BCUT2D eigenvalue weighted by molar-refractivity contribution is -0.161. The predicted molar refractivity (Wildman–Crippen MR) is 377 cm³/mol. The van der Waals surface area contributed by atoms with Gasteiger partial charge in [-0.05, 0) is 37.5 Å². The van der Waals surface area contributed by atoms with Crippen molar-refractivity contribution >= 4 is 39.5 Å². The van der Waals surface area contributed by atoms with Crippen LogP contribution in [-0.2, 0) is 65.4 Å². The van der Waals surface area contributed by atoms with Crippen LogP contribution in [0.3, 0.4) is 0 Å². The van der Waals surface area contributed by atoms with E-state index in [1.165, 1.54) is 199 Å². The number of phosphoric acid groups is 2. The molecule has 0 aromatic rings. The summed E-state index contributed by atoms with van der Waals surface area (Å²) in [4.78, 5) is 72.7. The van der Waals surface area contributed by atoms with Gasteiger partial charge >= 0.3 is 39.5 Å². The van der Waals surface area contributed by atoms with Crippen LogP contribution >= 0.6 is 15.6 Å². The number of aliphatic hydroxyl groups is 1. The summed E-state index contributed by atoms with van der Waals surface area (Å²) >= 11 is 0. The Bertz CT molecular complexity index is 1800. The Balaban J connectivity index is 5.22. The molecule has 3 N–H and O–H groups in total. The number of hydrogen-bond acceptors (Lipinski definition) is 15. The van der Waals surface area contributed by atoms with Crippen LogP contribution in [0.2, 0.25) is 0 Å². The van der Waals surface area contributed by atoms with Crippen LogP contribution in [-0.4, -0.2) is 96.7 Å². The smallest absolute Gasteiger partial charge is 0.462 e. The van der Waals surface area contributed by atoms with Crippen LogP contribution in [0.1, 0.15) is 382 Å². The molecule has 0 saturated heterocycles. The molecule has 93 heavy (non-hydrogen) atoms. The predicted octanol–water partition coefficient (Wildman–Crippen LogP) is 21.6. The van der Waals surface area contributed by atoms with Gasteiger partial charge in [-0.1, -0.05) is 330 Å². The summed E-state index contributed by atoms with van der Waals surface area (Å²) in [6.07, 6.45) is 52.8. The van der Waals surface area contributed by atoms with Gasteiger partial charge in [-0.25, -0.2) is 9.13 Å². The molecule has 0 heterocycles. The Morgan fingerprint density at radius 1 is 0.290 bits per heavy atom. The zero-order valence-corrected chi connectivity index (χ0v) is 62.3. The third kappa shape index (κ3) is 68.4. The lowest BCUT2D eigenvalue weighted by Gasteiger charge is -2.21. The van der Waals surface area contributed by atoms with Gasteiger partial charge < -0.3 is 33.8 Å². The van der Waals surface area contributed by atoms with Crippen molar-refractivity contribution in [3.8, 4) is 0 Å². The maximum absolute atomic E-state index is 13.1. The Morgan fingerprint density at radius 2 is 0.495 bits per heavy atom. The number of hydrogen-bond donors (Lipinski definition) is 3. The second-order valence-corrected chi connectivity index (χ2v) is 30.5. The van der Waals surface area contributed by atoms with E-state index in [1.807, 2.05) is 0 Å². The van der Waals surface area contributed by atoms with Crippen molar-refractivity contribution in [3.63, 3.8) is 0 Å². The average molecular weight is 1370 g/mol. The van der Waals surface area contributed by atoms with Crippen LogP contribution in [0.25, 0.3) is 0 Å². The molecule has 0 amide bonds. The molecule has 17 nitrogen and oxygen atoms in total. The first-order valence-corrected chi connectivity index (χ1v) is 41.5. The van der Waals surface area contributed by atoms with Crippen LogP contribution < -0.4 is 0 Å². The van der Waals surface area contributed by atoms with Crippen LogP contribution in [0, 0.1) is 11.8 Å². The summed E-state index contributed by atoms with van der Waals surface area (Å²) in [6, 6.07) is 0. The number of rotatable bonds is 73. The number of ether oxygens (including phenoxy) is 4. The second-order valence-electron chi connectivity index (χ2n) is 27.6. The molecule has 0 aromatic heterocycles. The molecule has 0 spiro atoms. The molecule has 0 rings (SSSR count). The molecule has 5 atom stereocenters. The molecular weight excluding hydrogens is 1220 g/mol. The van der Waals surface area contributed by atoms with Crippen molar-refractivity contribution in [2.45, 2.75) is 400 Å². The van der Waals surface area contributed by atoms with Crippen LogP contribution in [0.4, 0.5) is 0 Å². The fraction of sp³-hybridized carbons (Fsp3) is 0.946. The Morgan fingerprint density at radius 3 is 0.731 bits per heavy atom. The molecule has 0 aliphatic heterocycles. The SMILES string of the molecule is CCCCCCCCCCCCCCCCCCCCC(=O)O[C@H](COC(=O)CCCCCCCCCCCCCCC(C)C)COP(=O)(O)OC[C@@H](O)COP(=O)(O)OC[C@@H](COC(=O)CCCCCCCCCCC)OC(=O)CCCCCCCCCCC(C)C. The summed E-state index contributed by atoms with van der Waals surface area (Å²) in [5.41, 5.74) is 0. The number of phosphoric ester groups is 2. The number of esters is 4. The standard InChI is InChI=1S/C74H144O17P2/c1-7-9-11-13-15-17-18-19-20-21-22-23-24-29-33-40-46-52-58-73(78)90-69(63-85-72(77)57-51-45-39-32-28-26-25-27-31-36-42-48-54-66(3)4)64-88-92(80,81)86-60-68(75)61-87-93(82,83)89-65-70(62-84-71(76)56-50-44-38-30-16-14-12-10-8-2)91-74(79)59-53-47-41-35-34-37-43-49-55-67(5)6/h66-70,75H,7-65H2,1-6H3,(H,80,81)(H,82,83)/t68-,69-,70-/m1/s1. The number of carbonyl (C=O) groups excluding carboxylic acids is 4. The zero-order chi connectivity index (χ0) is 68.6. The van der Waals surface area contributed by atoms with Crippen molar-refractivity contribution in [1.29, 1.82) is 0 Å². The van der Waals surface area contributed by atoms with Gasteiger partial charge in [0.2, 0.25) is 0 Å². The lowest BCUT2D eigenvalue weighted by Crippen LogP contribution is -2.30. The van der Waals surface area contributed by atoms with E-state index in [9.17, 15) is 43.2 Å². The molecular formula is C74H144O17P2. The summed E-state index contributed by atoms with van der Waals surface area (Å²) < 4.78 is 68.4. The van der Waals surface area contributed by atoms with Gasteiger partial charge in [0.15, 0.2) is 12.2 Å². The first-order chi connectivity index (χ1) is 44.9. The highest BCUT2D eigenvalue weighted by molar-refractivity contribution is 7.47. The fourth-order valence-electron chi connectivity index (χ4n) is 11.3. The van der Waals surface area contributed by atoms with Gasteiger partial charge in [0.25, 0.3) is 0 Å². The Labute approximate surface area is 568 Å². The monoisotopic (exact) mass is 1370 g/mol. The van der Waals surface area contributed by atoms with E-state index < -0.39 is 97.5 Å². The molecule has 2 unspecified atom stereocenters. The third-order valence-corrected chi connectivity index (χ3v) is 19.1. The second kappa shape index (κ2) is 66.0. The first-order valence-electron chi connectivity index (χ1n) is 38.5. The number of carbonyl (C=O) groups is 4. The average Bonchev–Trinajstić information content (AvgIpc) is 3.73. The molecule has 552 valence electrons. The van der Waals surface area contributed by atoms with Crippen molar-refractivity contribution in [2.24, 2.45) is 11.8 Å². The van der Waals surface area contributed by atoms with E-state index in [0.717, 1.165) is 102 Å². The lowest BCUT2D eigenvalue weighted by atomic mass is 10.0. The Kier molecular flexibility index (Phi) is 64.6.